The van der Waals surface area contributed by atoms with Crippen molar-refractivity contribution in [1.29, 1.82) is 0 Å². The van der Waals surface area contributed by atoms with E-state index in [-0.39, 0.29) is 24.5 Å². The number of ether oxygens (including phenoxy) is 1. The average molecular weight is 463 g/mol. The molecule has 3 aromatic carbocycles. The molecule has 3 aromatic rings. The molecule has 6 heteroatoms. The molecule has 0 fully saturated rings. The van der Waals surface area contributed by atoms with Crippen molar-refractivity contribution in [2.24, 2.45) is 0 Å². The lowest BCUT2D eigenvalue weighted by molar-refractivity contribution is -0.132. The Morgan fingerprint density at radius 3 is 2.67 bits per heavy atom. The van der Waals surface area contributed by atoms with Crippen LogP contribution in [0.5, 0.6) is 5.75 Å². The van der Waals surface area contributed by atoms with E-state index >= 15 is 0 Å². The van der Waals surface area contributed by atoms with Gasteiger partial charge in [-0.25, -0.2) is 0 Å². The van der Waals surface area contributed by atoms with Crippen molar-refractivity contribution in [2.45, 2.75) is 32.7 Å². The van der Waals surface area contributed by atoms with E-state index in [1.807, 2.05) is 36.1 Å². The molecule has 0 saturated heterocycles. The molecule has 0 aliphatic carbocycles. The van der Waals surface area contributed by atoms with Crippen molar-refractivity contribution >= 4 is 29.1 Å². The highest BCUT2D eigenvalue weighted by Gasteiger charge is 2.31. The molecule has 0 aromatic heterocycles. The summed E-state index contributed by atoms with van der Waals surface area (Å²) < 4.78 is 5.82. The fourth-order valence-electron chi connectivity index (χ4n) is 4.27. The van der Waals surface area contributed by atoms with Crippen LogP contribution in [-0.4, -0.2) is 29.9 Å². The zero-order valence-electron chi connectivity index (χ0n) is 18.8. The van der Waals surface area contributed by atoms with E-state index in [1.165, 1.54) is 5.56 Å². The molecule has 1 aliphatic heterocycles. The number of fused-ring (bicyclic) bond motifs is 1. The molecular formula is C27H27ClN2O3. The maximum Gasteiger partial charge on any atom is 0.262 e. The number of benzene rings is 3. The highest BCUT2D eigenvalue weighted by atomic mass is 35.5. The van der Waals surface area contributed by atoms with E-state index in [4.69, 9.17) is 16.3 Å². The van der Waals surface area contributed by atoms with Gasteiger partial charge in [-0.1, -0.05) is 60.5 Å². The number of anilines is 1. The van der Waals surface area contributed by atoms with Crippen molar-refractivity contribution in [3.05, 3.63) is 94.0 Å². The van der Waals surface area contributed by atoms with E-state index in [0.29, 0.717) is 29.4 Å². The lowest BCUT2D eigenvalue weighted by Gasteiger charge is -2.38. The van der Waals surface area contributed by atoms with Gasteiger partial charge < -0.3 is 15.0 Å². The van der Waals surface area contributed by atoms with E-state index in [0.717, 1.165) is 23.1 Å². The van der Waals surface area contributed by atoms with Gasteiger partial charge in [-0.05, 0) is 60.4 Å². The van der Waals surface area contributed by atoms with Crippen LogP contribution >= 0.6 is 11.6 Å². The van der Waals surface area contributed by atoms with Crippen molar-refractivity contribution in [2.75, 3.05) is 18.5 Å². The summed E-state index contributed by atoms with van der Waals surface area (Å²) in [6, 6.07) is 21.0. The second-order valence-electron chi connectivity index (χ2n) is 8.22. The minimum absolute atomic E-state index is 0.124. The van der Waals surface area contributed by atoms with Crippen LogP contribution < -0.4 is 10.1 Å². The summed E-state index contributed by atoms with van der Waals surface area (Å²) in [6.45, 7) is 4.50. The van der Waals surface area contributed by atoms with Crippen LogP contribution in [0.15, 0.2) is 66.7 Å². The number of hydrogen-bond acceptors (Lipinski definition) is 3. The summed E-state index contributed by atoms with van der Waals surface area (Å²) in [4.78, 5) is 27.1. The minimum atomic E-state index is -0.270. The Labute approximate surface area is 199 Å². The van der Waals surface area contributed by atoms with Crippen molar-refractivity contribution in [3.63, 3.8) is 0 Å². The van der Waals surface area contributed by atoms with Crippen LogP contribution in [0.2, 0.25) is 5.02 Å². The summed E-state index contributed by atoms with van der Waals surface area (Å²) in [5.74, 6) is 0.450. The van der Waals surface area contributed by atoms with Crippen LogP contribution in [-0.2, 0) is 16.0 Å². The number of carbonyl (C=O) groups excluding carboxylic acids is 2. The number of carbonyl (C=O) groups is 2. The number of aryl methyl sites for hydroxylation is 1. The van der Waals surface area contributed by atoms with Gasteiger partial charge in [-0.15, -0.1) is 0 Å². The zero-order chi connectivity index (χ0) is 23.4. The zero-order valence-corrected chi connectivity index (χ0v) is 19.6. The maximum absolute atomic E-state index is 12.8. The molecule has 1 unspecified atom stereocenters. The predicted molar refractivity (Wildman–Crippen MR) is 131 cm³/mol. The van der Waals surface area contributed by atoms with E-state index in [9.17, 15) is 9.59 Å². The molecule has 0 bridgehead atoms. The van der Waals surface area contributed by atoms with Crippen LogP contribution in [0.25, 0.3) is 0 Å². The Bertz CT molecular complexity index is 1180. The van der Waals surface area contributed by atoms with Crippen molar-refractivity contribution < 1.29 is 14.3 Å². The van der Waals surface area contributed by atoms with Gasteiger partial charge >= 0.3 is 0 Å². The number of nitrogens with zero attached hydrogens (tertiary/aromatic N) is 1. The Morgan fingerprint density at radius 2 is 1.91 bits per heavy atom. The number of hydrogen-bond donors (Lipinski definition) is 1. The highest BCUT2D eigenvalue weighted by Crippen LogP contribution is 2.37. The second-order valence-corrected chi connectivity index (χ2v) is 8.65. The number of halogens is 1. The average Bonchev–Trinajstić information content (AvgIpc) is 2.81. The first-order chi connectivity index (χ1) is 15.9. The van der Waals surface area contributed by atoms with Crippen LogP contribution in [0, 0.1) is 6.92 Å². The van der Waals surface area contributed by atoms with Crippen molar-refractivity contribution in [3.8, 4) is 5.75 Å². The Hall–Kier alpha value is -3.31. The summed E-state index contributed by atoms with van der Waals surface area (Å²) in [5, 5.41) is 3.34. The van der Waals surface area contributed by atoms with E-state index in [1.54, 1.807) is 24.3 Å². The van der Waals surface area contributed by atoms with Crippen LogP contribution in [0.3, 0.4) is 0 Å². The molecule has 4 rings (SSSR count). The molecule has 1 heterocycles. The monoisotopic (exact) mass is 462 g/mol. The first-order valence-electron chi connectivity index (χ1n) is 11.1. The quantitative estimate of drug-likeness (QED) is 0.522. The number of nitrogens with one attached hydrogen (secondary N) is 1. The van der Waals surface area contributed by atoms with Gasteiger partial charge in [-0.3, -0.25) is 9.59 Å². The van der Waals surface area contributed by atoms with Gasteiger partial charge in [0.25, 0.3) is 5.91 Å². The second kappa shape index (κ2) is 10.1. The third-order valence-electron chi connectivity index (χ3n) is 5.80. The molecule has 1 N–H and O–H groups in total. The fraction of sp³-hybridized carbons (Fsp3) is 0.259. The van der Waals surface area contributed by atoms with Gasteiger partial charge in [0.05, 0.1) is 6.04 Å². The topological polar surface area (TPSA) is 58.6 Å². The molecule has 2 amide bonds. The van der Waals surface area contributed by atoms with Gasteiger partial charge in [0, 0.05) is 23.7 Å². The Morgan fingerprint density at radius 1 is 1.09 bits per heavy atom. The highest BCUT2D eigenvalue weighted by molar-refractivity contribution is 6.30. The lowest BCUT2D eigenvalue weighted by atomic mass is 9.87. The van der Waals surface area contributed by atoms with E-state index < -0.39 is 0 Å². The van der Waals surface area contributed by atoms with Crippen LogP contribution in [0.1, 0.15) is 41.6 Å². The molecule has 0 saturated carbocycles. The smallest absolute Gasteiger partial charge is 0.262 e. The number of amides is 2. The molecule has 1 atom stereocenters. The molecule has 1 aliphatic rings. The molecule has 0 spiro atoms. The van der Waals surface area contributed by atoms with Crippen LogP contribution in [0.4, 0.5) is 5.69 Å². The molecule has 5 nitrogen and oxygen atoms in total. The van der Waals surface area contributed by atoms with Gasteiger partial charge in [0.15, 0.2) is 6.61 Å². The Balaban J connectivity index is 1.57. The van der Waals surface area contributed by atoms with E-state index in [2.05, 4.69) is 30.4 Å². The van der Waals surface area contributed by atoms with Crippen molar-refractivity contribution in [1.82, 2.24) is 4.90 Å². The normalized spacial score (nSPS) is 15.0. The summed E-state index contributed by atoms with van der Waals surface area (Å²) >= 11 is 5.98. The summed E-state index contributed by atoms with van der Waals surface area (Å²) in [6.07, 6.45) is 1.25. The fourth-order valence-corrected chi connectivity index (χ4v) is 4.46. The molecule has 170 valence electrons. The summed E-state index contributed by atoms with van der Waals surface area (Å²) in [7, 11) is 0. The predicted octanol–water partition coefficient (Wildman–Crippen LogP) is 5.55. The van der Waals surface area contributed by atoms with Gasteiger partial charge in [0.2, 0.25) is 5.91 Å². The molecular weight excluding hydrogens is 436 g/mol. The first-order valence-corrected chi connectivity index (χ1v) is 11.5. The first kappa shape index (κ1) is 22.9. The standard InChI is InChI=1S/C27H27ClN2O3/c1-3-26(32)30-13-12-19-10-11-23(16-24(19)27(30)20-7-4-6-18(2)14-20)33-17-25(31)29-22-9-5-8-21(28)15-22/h4-11,14-16,27H,3,12-13,17H2,1-2H3,(H,29,31). The van der Waals surface area contributed by atoms with Gasteiger partial charge in [-0.2, -0.15) is 0 Å². The summed E-state index contributed by atoms with van der Waals surface area (Å²) in [5.41, 5.74) is 5.08. The maximum atomic E-state index is 12.8. The van der Waals surface area contributed by atoms with Gasteiger partial charge in [0.1, 0.15) is 5.75 Å². The molecule has 33 heavy (non-hydrogen) atoms. The SMILES string of the molecule is CCC(=O)N1CCc2ccc(OCC(=O)Nc3cccc(Cl)c3)cc2C1c1cccc(C)c1. The Kier molecular flexibility index (Phi) is 6.99. The third-order valence-corrected chi connectivity index (χ3v) is 6.04. The number of rotatable bonds is 6. The lowest BCUT2D eigenvalue weighted by Crippen LogP contribution is -2.40. The third kappa shape index (κ3) is 5.37. The minimum Gasteiger partial charge on any atom is -0.484 e. The molecule has 0 radical (unpaired) electrons. The largest absolute Gasteiger partial charge is 0.484 e.